The zero-order chi connectivity index (χ0) is 18.1. The molecule has 1 unspecified atom stereocenters. The number of rotatable bonds is 4. The van der Waals surface area contributed by atoms with E-state index >= 15 is 0 Å². The Morgan fingerprint density at radius 3 is 3.00 bits per heavy atom. The zero-order valence-corrected chi connectivity index (χ0v) is 16.0. The van der Waals surface area contributed by atoms with Gasteiger partial charge in [-0.15, -0.1) is 22.7 Å². The third kappa shape index (κ3) is 3.41. The van der Waals surface area contributed by atoms with Crippen molar-refractivity contribution in [2.75, 3.05) is 26.3 Å². The lowest BCUT2D eigenvalue weighted by atomic mass is 10.0. The minimum absolute atomic E-state index is 0.0408. The van der Waals surface area contributed by atoms with Crippen LogP contribution in [0.3, 0.4) is 0 Å². The summed E-state index contributed by atoms with van der Waals surface area (Å²) < 4.78 is 11.1. The summed E-state index contributed by atoms with van der Waals surface area (Å²) in [4.78, 5) is 31.7. The number of ether oxygens (including phenoxy) is 2. The summed E-state index contributed by atoms with van der Waals surface area (Å²) in [6, 6.07) is 0. The molecule has 2 aliphatic rings. The topological polar surface area (TPSA) is 80.8 Å². The maximum absolute atomic E-state index is 12.7. The van der Waals surface area contributed by atoms with Gasteiger partial charge in [0.05, 0.1) is 23.2 Å². The Labute approximate surface area is 158 Å². The van der Waals surface area contributed by atoms with Gasteiger partial charge in [-0.25, -0.2) is 4.98 Å². The molecule has 7 nitrogen and oxygen atoms in total. The highest BCUT2D eigenvalue weighted by Crippen LogP contribution is 2.39. The average Bonchev–Trinajstić information content (AvgIpc) is 3.34. The summed E-state index contributed by atoms with van der Waals surface area (Å²) in [7, 11) is 0. The van der Waals surface area contributed by atoms with Gasteiger partial charge in [0.1, 0.15) is 18.1 Å². The molecule has 0 bridgehead atoms. The van der Waals surface area contributed by atoms with Crippen LogP contribution in [0.2, 0.25) is 0 Å². The van der Waals surface area contributed by atoms with Crippen molar-refractivity contribution in [2.45, 2.75) is 25.3 Å². The lowest BCUT2D eigenvalue weighted by molar-refractivity contribution is -0.129. The van der Waals surface area contributed by atoms with Crippen LogP contribution in [-0.4, -0.2) is 53.5 Å². The maximum atomic E-state index is 12.7. The molecule has 1 fully saturated rings. The van der Waals surface area contributed by atoms with E-state index in [1.807, 2.05) is 12.3 Å². The molecule has 2 aliphatic heterocycles. The summed E-state index contributed by atoms with van der Waals surface area (Å²) in [6.07, 6.45) is 1.02. The SMILES string of the molecule is CC1(NC(=O)c2scc3c2OCCO3)CCN(C(=O)Cc2cscn2)C1. The molecule has 1 saturated heterocycles. The third-order valence-electron chi connectivity index (χ3n) is 4.56. The van der Waals surface area contributed by atoms with Crippen LogP contribution in [0.4, 0.5) is 0 Å². The van der Waals surface area contributed by atoms with E-state index < -0.39 is 5.54 Å². The highest BCUT2D eigenvalue weighted by molar-refractivity contribution is 7.12. The number of hydrogen-bond acceptors (Lipinski definition) is 7. The van der Waals surface area contributed by atoms with E-state index in [0.717, 1.165) is 5.69 Å². The molecule has 0 saturated carbocycles. The van der Waals surface area contributed by atoms with E-state index in [9.17, 15) is 9.59 Å². The van der Waals surface area contributed by atoms with Gasteiger partial charge in [0.25, 0.3) is 5.91 Å². The predicted molar refractivity (Wildman–Crippen MR) is 98.2 cm³/mol. The van der Waals surface area contributed by atoms with E-state index in [-0.39, 0.29) is 11.8 Å². The van der Waals surface area contributed by atoms with Crippen molar-refractivity contribution in [1.82, 2.24) is 15.2 Å². The smallest absolute Gasteiger partial charge is 0.265 e. The fourth-order valence-electron chi connectivity index (χ4n) is 3.22. The molecule has 0 aliphatic carbocycles. The second-order valence-corrected chi connectivity index (χ2v) is 8.29. The van der Waals surface area contributed by atoms with Crippen molar-refractivity contribution in [3.63, 3.8) is 0 Å². The molecule has 2 amide bonds. The van der Waals surface area contributed by atoms with E-state index in [1.54, 1.807) is 15.8 Å². The Kier molecular flexibility index (Phi) is 4.58. The Balaban J connectivity index is 1.39. The minimum atomic E-state index is -0.457. The first kappa shape index (κ1) is 17.3. The number of carbonyl (C=O) groups is 2. The second kappa shape index (κ2) is 6.88. The van der Waals surface area contributed by atoms with E-state index in [4.69, 9.17) is 9.47 Å². The van der Waals surface area contributed by atoms with Crippen LogP contribution in [0, 0.1) is 0 Å². The zero-order valence-electron chi connectivity index (χ0n) is 14.3. The number of amides is 2. The molecule has 2 aromatic rings. The fraction of sp³-hybridized carbons (Fsp3) is 0.471. The molecule has 1 atom stereocenters. The standard InChI is InChI=1S/C17H19N3O4S2/c1-17(2-3-20(9-17)13(21)6-11-7-25-10-18-11)19-16(22)15-14-12(8-26-15)23-4-5-24-14/h7-8,10H,2-6,9H2,1H3,(H,19,22). The van der Waals surface area contributed by atoms with Gasteiger partial charge in [0, 0.05) is 23.8 Å². The molecule has 1 N–H and O–H groups in total. The number of hydrogen-bond donors (Lipinski definition) is 1. The summed E-state index contributed by atoms with van der Waals surface area (Å²) in [6.45, 7) is 4.03. The van der Waals surface area contributed by atoms with Crippen LogP contribution in [0.15, 0.2) is 16.3 Å². The quantitative estimate of drug-likeness (QED) is 0.859. The molecular formula is C17H19N3O4S2. The molecule has 9 heteroatoms. The Morgan fingerprint density at radius 1 is 1.35 bits per heavy atom. The van der Waals surface area contributed by atoms with Crippen LogP contribution in [-0.2, 0) is 11.2 Å². The maximum Gasteiger partial charge on any atom is 0.265 e. The van der Waals surface area contributed by atoms with Gasteiger partial charge >= 0.3 is 0 Å². The summed E-state index contributed by atoms with van der Waals surface area (Å²) in [5, 5.41) is 6.76. The van der Waals surface area contributed by atoms with Crippen LogP contribution in [0.25, 0.3) is 0 Å². The number of likely N-dealkylation sites (tertiary alicyclic amines) is 1. The van der Waals surface area contributed by atoms with Crippen molar-refractivity contribution in [1.29, 1.82) is 0 Å². The first-order chi connectivity index (χ1) is 12.5. The highest BCUT2D eigenvalue weighted by atomic mass is 32.1. The van der Waals surface area contributed by atoms with Crippen molar-refractivity contribution in [3.05, 3.63) is 26.8 Å². The molecule has 138 valence electrons. The second-order valence-electron chi connectivity index (χ2n) is 6.69. The molecular weight excluding hydrogens is 374 g/mol. The number of fused-ring (bicyclic) bond motifs is 1. The number of nitrogens with one attached hydrogen (secondary N) is 1. The average molecular weight is 393 g/mol. The van der Waals surface area contributed by atoms with Crippen molar-refractivity contribution >= 4 is 34.5 Å². The largest absolute Gasteiger partial charge is 0.485 e. The number of carbonyl (C=O) groups excluding carboxylic acids is 2. The van der Waals surface area contributed by atoms with Crippen LogP contribution in [0.1, 0.15) is 28.7 Å². The third-order valence-corrected chi connectivity index (χ3v) is 6.14. The highest BCUT2D eigenvalue weighted by Gasteiger charge is 2.38. The van der Waals surface area contributed by atoms with Gasteiger partial charge in [0.2, 0.25) is 5.91 Å². The van der Waals surface area contributed by atoms with Crippen molar-refractivity contribution < 1.29 is 19.1 Å². The summed E-state index contributed by atoms with van der Waals surface area (Å²) >= 11 is 2.80. The van der Waals surface area contributed by atoms with Crippen LogP contribution >= 0.6 is 22.7 Å². The van der Waals surface area contributed by atoms with E-state index in [2.05, 4.69) is 10.3 Å². The Hall–Kier alpha value is -2.13. The molecule has 0 spiro atoms. The molecule has 0 aromatic carbocycles. The van der Waals surface area contributed by atoms with E-state index in [1.165, 1.54) is 22.7 Å². The lowest BCUT2D eigenvalue weighted by Gasteiger charge is -2.26. The van der Waals surface area contributed by atoms with Gasteiger partial charge in [-0.3, -0.25) is 9.59 Å². The number of nitrogens with zero attached hydrogens (tertiary/aromatic N) is 2. The first-order valence-corrected chi connectivity index (χ1v) is 10.2. The van der Waals surface area contributed by atoms with Gasteiger partial charge in [0.15, 0.2) is 11.5 Å². The van der Waals surface area contributed by atoms with Crippen molar-refractivity contribution in [3.8, 4) is 11.5 Å². The molecule has 4 rings (SSSR count). The monoisotopic (exact) mass is 393 g/mol. The molecule has 26 heavy (non-hydrogen) atoms. The van der Waals surface area contributed by atoms with Crippen LogP contribution < -0.4 is 14.8 Å². The first-order valence-electron chi connectivity index (χ1n) is 8.38. The molecule has 0 radical (unpaired) electrons. The van der Waals surface area contributed by atoms with Gasteiger partial charge in [-0.05, 0) is 13.3 Å². The Bertz CT molecular complexity index is 820. The lowest BCUT2D eigenvalue weighted by Crippen LogP contribution is -2.48. The number of aromatic nitrogens is 1. The van der Waals surface area contributed by atoms with Gasteiger partial charge in [-0.1, -0.05) is 0 Å². The summed E-state index contributed by atoms with van der Waals surface area (Å²) in [5.74, 6) is 1.01. The van der Waals surface area contributed by atoms with Gasteiger partial charge in [-0.2, -0.15) is 0 Å². The molecule has 2 aromatic heterocycles. The number of thiophene rings is 1. The number of thiazole rings is 1. The Morgan fingerprint density at radius 2 is 2.19 bits per heavy atom. The predicted octanol–water partition coefficient (Wildman–Crippen LogP) is 1.94. The van der Waals surface area contributed by atoms with Gasteiger partial charge < -0.3 is 19.7 Å². The molecule has 4 heterocycles. The normalized spacial score (nSPS) is 21.7. The van der Waals surface area contributed by atoms with E-state index in [0.29, 0.717) is 55.5 Å². The summed E-state index contributed by atoms with van der Waals surface area (Å²) in [5.41, 5.74) is 2.06. The van der Waals surface area contributed by atoms with Crippen molar-refractivity contribution in [2.24, 2.45) is 0 Å². The minimum Gasteiger partial charge on any atom is -0.485 e. The fourth-order valence-corrected chi connectivity index (χ4v) is 4.60. The van der Waals surface area contributed by atoms with Crippen LogP contribution in [0.5, 0.6) is 11.5 Å².